The number of aliphatic hydroxyl groups excluding tert-OH is 1. The Morgan fingerprint density at radius 3 is 2.50 bits per heavy atom. The van der Waals surface area contributed by atoms with Crippen molar-refractivity contribution in [2.75, 3.05) is 13.2 Å². The van der Waals surface area contributed by atoms with Gasteiger partial charge in [-0.2, -0.15) is 0 Å². The Kier molecular flexibility index (Phi) is 3.93. The first-order valence-electron chi connectivity index (χ1n) is 5.49. The van der Waals surface area contributed by atoms with Gasteiger partial charge in [0.25, 0.3) is 0 Å². The Labute approximate surface area is 86.1 Å². The summed E-state index contributed by atoms with van der Waals surface area (Å²) in [7, 11) is 0. The van der Waals surface area contributed by atoms with Crippen molar-refractivity contribution in [3.8, 4) is 0 Å². The van der Waals surface area contributed by atoms with Gasteiger partial charge in [-0.3, -0.25) is 4.79 Å². The summed E-state index contributed by atoms with van der Waals surface area (Å²) in [5, 5.41) is 8.75. The fraction of sp³-hybridized carbons (Fsp3) is 0.909. The van der Waals surface area contributed by atoms with Gasteiger partial charge >= 0.3 is 0 Å². The molecule has 1 amide bonds. The molecule has 1 rings (SSSR count). The zero-order valence-corrected chi connectivity index (χ0v) is 9.36. The van der Waals surface area contributed by atoms with Crippen molar-refractivity contribution in [3.63, 3.8) is 0 Å². The number of hydrogen-bond donors (Lipinski definition) is 1. The Hall–Kier alpha value is -0.570. The fourth-order valence-electron chi connectivity index (χ4n) is 1.74. The molecule has 1 fully saturated rings. The number of carbonyl (C=O) groups excluding carboxylic acids is 1. The Balaban J connectivity index is 2.45. The summed E-state index contributed by atoms with van der Waals surface area (Å²) in [6, 6.07) is 0.252. The standard InChI is InChI=1S/C11H21NO2/c1-8(2)12(5-4-6-13)11(14)10-7-9(10)3/h8-10,13H,4-7H2,1-3H3. The summed E-state index contributed by atoms with van der Waals surface area (Å²) >= 11 is 0. The van der Waals surface area contributed by atoms with E-state index < -0.39 is 0 Å². The molecule has 0 aromatic rings. The molecule has 0 spiro atoms. The second-order valence-electron chi connectivity index (χ2n) is 4.52. The van der Waals surface area contributed by atoms with E-state index in [2.05, 4.69) is 6.92 Å². The van der Waals surface area contributed by atoms with E-state index in [1.54, 1.807) is 0 Å². The summed E-state index contributed by atoms with van der Waals surface area (Å²) in [4.78, 5) is 13.8. The first-order valence-corrected chi connectivity index (χ1v) is 5.49. The molecule has 0 radical (unpaired) electrons. The van der Waals surface area contributed by atoms with Crippen LogP contribution < -0.4 is 0 Å². The second-order valence-corrected chi connectivity index (χ2v) is 4.52. The molecule has 0 bridgehead atoms. The average molecular weight is 199 g/mol. The van der Waals surface area contributed by atoms with Gasteiger partial charge in [0.1, 0.15) is 0 Å². The first-order chi connectivity index (χ1) is 6.57. The lowest BCUT2D eigenvalue weighted by molar-refractivity contribution is -0.134. The molecular weight excluding hydrogens is 178 g/mol. The molecule has 0 aromatic carbocycles. The maximum absolute atomic E-state index is 11.9. The largest absolute Gasteiger partial charge is 0.396 e. The SMILES string of the molecule is CC1CC1C(=O)N(CCCO)C(C)C. The minimum absolute atomic E-state index is 0.163. The lowest BCUT2D eigenvalue weighted by Crippen LogP contribution is -2.39. The van der Waals surface area contributed by atoms with Crippen LogP contribution in [0.4, 0.5) is 0 Å². The van der Waals surface area contributed by atoms with Gasteiger partial charge in [0, 0.05) is 25.1 Å². The van der Waals surface area contributed by atoms with Crippen LogP contribution in [0.15, 0.2) is 0 Å². The molecule has 3 heteroatoms. The van der Waals surface area contributed by atoms with Gasteiger partial charge < -0.3 is 10.0 Å². The summed E-state index contributed by atoms with van der Waals surface area (Å²) in [6.07, 6.45) is 1.73. The van der Waals surface area contributed by atoms with Gasteiger partial charge in [0.05, 0.1) is 0 Å². The fourth-order valence-corrected chi connectivity index (χ4v) is 1.74. The smallest absolute Gasteiger partial charge is 0.226 e. The van der Waals surface area contributed by atoms with Crippen LogP contribution in [0, 0.1) is 11.8 Å². The van der Waals surface area contributed by atoms with Crippen LogP contribution in [-0.2, 0) is 4.79 Å². The highest BCUT2D eigenvalue weighted by Gasteiger charge is 2.41. The number of rotatable bonds is 5. The van der Waals surface area contributed by atoms with Crippen LogP contribution >= 0.6 is 0 Å². The van der Waals surface area contributed by atoms with Gasteiger partial charge in [-0.1, -0.05) is 6.92 Å². The van der Waals surface area contributed by atoms with Crippen LogP contribution in [0.1, 0.15) is 33.6 Å². The van der Waals surface area contributed by atoms with E-state index in [9.17, 15) is 4.79 Å². The van der Waals surface area contributed by atoms with Crippen molar-refractivity contribution < 1.29 is 9.90 Å². The Bertz CT molecular complexity index is 203. The van der Waals surface area contributed by atoms with Crippen molar-refractivity contribution >= 4 is 5.91 Å². The van der Waals surface area contributed by atoms with Crippen molar-refractivity contribution in [2.45, 2.75) is 39.7 Å². The van der Waals surface area contributed by atoms with Crippen LogP contribution in [0.3, 0.4) is 0 Å². The Morgan fingerprint density at radius 1 is 1.57 bits per heavy atom. The molecule has 14 heavy (non-hydrogen) atoms. The molecule has 1 aliphatic carbocycles. The highest BCUT2D eigenvalue weighted by molar-refractivity contribution is 5.81. The molecule has 1 aliphatic rings. The predicted molar refractivity (Wildman–Crippen MR) is 55.8 cm³/mol. The number of aliphatic hydroxyl groups is 1. The summed E-state index contributed by atoms with van der Waals surface area (Å²) in [6.45, 7) is 7.03. The van der Waals surface area contributed by atoms with Gasteiger partial charge in [-0.15, -0.1) is 0 Å². The van der Waals surface area contributed by atoms with Crippen LogP contribution in [-0.4, -0.2) is 35.1 Å². The van der Waals surface area contributed by atoms with Crippen LogP contribution in [0.5, 0.6) is 0 Å². The summed E-state index contributed by atoms with van der Waals surface area (Å²) < 4.78 is 0. The molecular formula is C11H21NO2. The van der Waals surface area contributed by atoms with E-state index >= 15 is 0 Å². The number of nitrogens with zero attached hydrogens (tertiary/aromatic N) is 1. The number of carbonyl (C=O) groups is 1. The zero-order chi connectivity index (χ0) is 10.7. The third kappa shape index (κ3) is 2.71. The Morgan fingerprint density at radius 2 is 2.14 bits per heavy atom. The number of amides is 1. The molecule has 2 unspecified atom stereocenters. The third-order valence-corrected chi connectivity index (χ3v) is 2.89. The highest BCUT2D eigenvalue weighted by Crippen LogP contribution is 2.39. The van der Waals surface area contributed by atoms with Crippen LogP contribution in [0.2, 0.25) is 0 Å². The summed E-state index contributed by atoms with van der Waals surface area (Å²) in [5.41, 5.74) is 0. The predicted octanol–water partition coefficient (Wildman–Crippen LogP) is 1.26. The normalized spacial score (nSPS) is 25.2. The molecule has 1 saturated carbocycles. The molecule has 0 aromatic heterocycles. The third-order valence-electron chi connectivity index (χ3n) is 2.89. The van der Waals surface area contributed by atoms with Gasteiger partial charge in [0.15, 0.2) is 0 Å². The lowest BCUT2D eigenvalue weighted by Gasteiger charge is -2.26. The van der Waals surface area contributed by atoms with Crippen molar-refractivity contribution in [2.24, 2.45) is 11.8 Å². The van der Waals surface area contributed by atoms with E-state index in [4.69, 9.17) is 5.11 Å². The van der Waals surface area contributed by atoms with Crippen molar-refractivity contribution in [1.29, 1.82) is 0 Å². The molecule has 0 saturated heterocycles. The highest BCUT2D eigenvalue weighted by atomic mass is 16.3. The average Bonchev–Trinajstić information content (AvgIpc) is 2.82. The molecule has 82 valence electrons. The monoisotopic (exact) mass is 199 g/mol. The second kappa shape index (κ2) is 4.78. The van der Waals surface area contributed by atoms with Gasteiger partial charge in [0.2, 0.25) is 5.91 Å². The summed E-state index contributed by atoms with van der Waals surface area (Å²) in [5.74, 6) is 1.11. The maximum Gasteiger partial charge on any atom is 0.226 e. The van der Waals surface area contributed by atoms with E-state index in [1.807, 2.05) is 18.7 Å². The number of hydrogen-bond acceptors (Lipinski definition) is 2. The minimum atomic E-state index is 0.163. The minimum Gasteiger partial charge on any atom is -0.396 e. The van der Waals surface area contributed by atoms with E-state index in [-0.39, 0.29) is 24.5 Å². The molecule has 0 aliphatic heterocycles. The molecule has 1 N–H and O–H groups in total. The van der Waals surface area contributed by atoms with Gasteiger partial charge in [-0.05, 0) is 32.6 Å². The lowest BCUT2D eigenvalue weighted by atomic mass is 10.2. The van der Waals surface area contributed by atoms with Crippen molar-refractivity contribution in [1.82, 2.24) is 4.90 Å². The quantitative estimate of drug-likeness (QED) is 0.724. The van der Waals surface area contributed by atoms with Gasteiger partial charge in [-0.25, -0.2) is 0 Å². The van der Waals surface area contributed by atoms with E-state index in [1.165, 1.54) is 0 Å². The zero-order valence-electron chi connectivity index (χ0n) is 9.36. The molecule has 0 heterocycles. The topological polar surface area (TPSA) is 40.5 Å². The molecule has 2 atom stereocenters. The van der Waals surface area contributed by atoms with Crippen LogP contribution in [0.25, 0.3) is 0 Å². The van der Waals surface area contributed by atoms with E-state index in [0.717, 1.165) is 6.42 Å². The molecule has 3 nitrogen and oxygen atoms in total. The maximum atomic E-state index is 11.9. The van der Waals surface area contributed by atoms with E-state index in [0.29, 0.717) is 18.9 Å². The first kappa shape index (κ1) is 11.5. The van der Waals surface area contributed by atoms with Crippen molar-refractivity contribution in [3.05, 3.63) is 0 Å².